The van der Waals surface area contributed by atoms with Gasteiger partial charge in [0.1, 0.15) is 0 Å². The van der Waals surface area contributed by atoms with Crippen molar-refractivity contribution in [2.45, 2.75) is 39.5 Å². The monoisotopic (exact) mass is 287 g/mol. The van der Waals surface area contributed by atoms with Crippen LogP contribution in [-0.2, 0) is 9.59 Å². The quantitative estimate of drug-likeness (QED) is 0.552. The fourth-order valence-electron chi connectivity index (χ4n) is 1.71. The lowest BCUT2D eigenvalue weighted by Crippen LogP contribution is -2.42. The fourth-order valence-corrected chi connectivity index (χ4v) is 1.71. The summed E-state index contributed by atoms with van der Waals surface area (Å²) in [4.78, 5) is 35.2. The van der Waals surface area contributed by atoms with Gasteiger partial charge in [-0.15, -0.1) is 0 Å². The van der Waals surface area contributed by atoms with E-state index in [0.29, 0.717) is 6.54 Å². The summed E-state index contributed by atoms with van der Waals surface area (Å²) in [5, 5.41) is 13.2. The van der Waals surface area contributed by atoms with Crippen LogP contribution in [0.3, 0.4) is 0 Å². The molecule has 3 amide bonds. The minimum absolute atomic E-state index is 0.0383. The summed E-state index contributed by atoms with van der Waals surface area (Å²) < 4.78 is 0. The lowest BCUT2D eigenvalue weighted by atomic mass is 10.2. The highest BCUT2D eigenvalue weighted by atomic mass is 16.4. The van der Waals surface area contributed by atoms with Crippen LogP contribution < -0.4 is 10.6 Å². The van der Waals surface area contributed by atoms with Crippen molar-refractivity contribution in [3.63, 3.8) is 0 Å². The van der Waals surface area contributed by atoms with Crippen LogP contribution in [0, 0.1) is 0 Å². The van der Waals surface area contributed by atoms with Gasteiger partial charge in [-0.1, -0.05) is 13.8 Å². The Morgan fingerprint density at radius 3 is 2.35 bits per heavy atom. The largest absolute Gasteiger partial charge is 0.481 e. The molecular weight excluding hydrogens is 262 g/mol. The number of carbonyl (C=O) groups excluding carboxylic acids is 2. The first-order chi connectivity index (χ1) is 9.49. The molecule has 0 saturated heterocycles. The number of hydrogen-bond acceptors (Lipinski definition) is 4. The summed E-state index contributed by atoms with van der Waals surface area (Å²) >= 11 is 0. The molecule has 0 aromatic heterocycles. The van der Waals surface area contributed by atoms with Gasteiger partial charge in [0.25, 0.3) is 0 Å². The maximum absolute atomic E-state index is 11.4. The molecular formula is C13H25N3O4. The van der Waals surface area contributed by atoms with E-state index in [9.17, 15) is 14.4 Å². The number of carbonyl (C=O) groups is 3. The topological polar surface area (TPSA) is 98.7 Å². The van der Waals surface area contributed by atoms with Gasteiger partial charge in [-0.2, -0.15) is 0 Å². The molecule has 0 fully saturated rings. The molecule has 0 spiro atoms. The number of urea groups is 1. The second-order valence-corrected chi connectivity index (χ2v) is 4.49. The van der Waals surface area contributed by atoms with Crippen molar-refractivity contribution in [3.05, 3.63) is 0 Å². The van der Waals surface area contributed by atoms with Gasteiger partial charge in [-0.3, -0.25) is 14.9 Å². The van der Waals surface area contributed by atoms with Crippen LogP contribution in [0.2, 0.25) is 0 Å². The van der Waals surface area contributed by atoms with E-state index in [2.05, 4.69) is 29.4 Å². The maximum atomic E-state index is 11.4. The van der Waals surface area contributed by atoms with Gasteiger partial charge < -0.3 is 15.3 Å². The van der Waals surface area contributed by atoms with E-state index in [-0.39, 0.29) is 19.3 Å². The van der Waals surface area contributed by atoms with Gasteiger partial charge >= 0.3 is 12.0 Å². The van der Waals surface area contributed by atoms with Crippen LogP contribution in [0.15, 0.2) is 0 Å². The molecule has 7 nitrogen and oxygen atoms in total. The summed E-state index contributed by atoms with van der Waals surface area (Å²) in [7, 11) is 0. The van der Waals surface area contributed by atoms with Crippen molar-refractivity contribution >= 4 is 17.9 Å². The minimum atomic E-state index is -0.946. The number of nitrogens with one attached hydrogen (secondary N) is 2. The molecule has 7 heteroatoms. The normalized spacial score (nSPS) is 10.3. The van der Waals surface area contributed by atoms with Gasteiger partial charge in [0.15, 0.2) is 0 Å². The molecule has 0 atom stereocenters. The third-order valence-electron chi connectivity index (χ3n) is 2.75. The second kappa shape index (κ2) is 11.2. The molecule has 0 heterocycles. The number of nitrogens with zero attached hydrogens (tertiary/aromatic N) is 1. The first-order valence-electron chi connectivity index (χ1n) is 7.01. The highest BCUT2D eigenvalue weighted by Gasteiger charge is 2.08. The van der Waals surface area contributed by atoms with Crippen molar-refractivity contribution in [2.24, 2.45) is 0 Å². The Balaban J connectivity index is 3.71. The Morgan fingerprint density at radius 1 is 1.10 bits per heavy atom. The van der Waals surface area contributed by atoms with E-state index in [1.165, 1.54) is 0 Å². The molecule has 3 N–H and O–H groups in total. The van der Waals surface area contributed by atoms with Crippen molar-refractivity contribution in [1.82, 2.24) is 15.5 Å². The Kier molecular flexibility index (Phi) is 10.3. The van der Waals surface area contributed by atoms with Gasteiger partial charge in [0.05, 0.1) is 0 Å². The number of carboxylic acid groups (broad SMARTS) is 1. The number of rotatable bonds is 10. The van der Waals surface area contributed by atoms with E-state index in [1.807, 2.05) is 0 Å². The number of imide groups is 1. The number of aliphatic carboxylic acids is 1. The third kappa shape index (κ3) is 10.3. The van der Waals surface area contributed by atoms with E-state index >= 15 is 0 Å². The van der Waals surface area contributed by atoms with Crippen molar-refractivity contribution in [3.8, 4) is 0 Å². The molecule has 0 bridgehead atoms. The van der Waals surface area contributed by atoms with E-state index < -0.39 is 17.9 Å². The molecule has 20 heavy (non-hydrogen) atoms. The molecule has 116 valence electrons. The summed E-state index contributed by atoms with van der Waals surface area (Å²) in [6, 6.07) is -0.530. The maximum Gasteiger partial charge on any atom is 0.321 e. The predicted octanol–water partition coefficient (Wildman–Crippen LogP) is 0.799. The lowest BCUT2D eigenvalue weighted by Gasteiger charge is -2.19. The average Bonchev–Trinajstić information content (AvgIpc) is 2.37. The number of hydrogen-bond donors (Lipinski definition) is 3. The zero-order valence-corrected chi connectivity index (χ0v) is 12.3. The summed E-state index contributed by atoms with van der Waals surface area (Å²) in [6.45, 7) is 7.27. The van der Waals surface area contributed by atoms with E-state index in [4.69, 9.17) is 5.11 Å². The summed E-state index contributed by atoms with van der Waals surface area (Å²) in [5.41, 5.74) is 0. The number of amides is 3. The highest BCUT2D eigenvalue weighted by Crippen LogP contribution is 1.94. The van der Waals surface area contributed by atoms with Gasteiger partial charge in [0.2, 0.25) is 5.91 Å². The molecule has 0 saturated carbocycles. The average molecular weight is 287 g/mol. The van der Waals surface area contributed by atoms with Crippen molar-refractivity contribution in [2.75, 3.05) is 26.2 Å². The summed E-state index contributed by atoms with van der Waals surface area (Å²) in [5.74, 6) is -1.40. The fraction of sp³-hybridized carbons (Fsp3) is 0.769. The Morgan fingerprint density at radius 2 is 1.80 bits per heavy atom. The van der Waals surface area contributed by atoms with Gasteiger partial charge in [0, 0.05) is 25.9 Å². The molecule has 0 aromatic carbocycles. The smallest absolute Gasteiger partial charge is 0.321 e. The standard InChI is InChI=1S/C13H25N3O4/c1-3-9-16(4-2)10-8-14-13(20)15-11(17)6-5-7-12(18)19/h3-10H2,1-2H3,(H,18,19)(H2,14,15,17,20). The van der Waals surface area contributed by atoms with E-state index in [1.54, 1.807) is 0 Å². The third-order valence-corrected chi connectivity index (χ3v) is 2.75. The predicted molar refractivity (Wildman–Crippen MR) is 75.4 cm³/mol. The molecule has 0 aliphatic carbocycles. The molecule has 0 rings (SSSR count). The summed E-state index contributed by atoms with van der Waals surface area (Å²) in [6.07, 6.45) is 1.25. The van der Waals surface area contributed by atoms with Gasteiger partial charge in [-0.25, -0.2) is 4.79 Å². The Hall–Kier alpha value is -1.63. The SMILES string of the molecule is CCCN(CC)CCNC(=O)NC(=O)CCCC(=O)O. The zero-order valence-electron chi connectivity index (χ0n) is 12.3. The first kappa shape index (κ1) is 18.4. The molecule has 0 aromatic rings. The van der Waals surface area contributed by atoms with Crippen molar-refractivity contribution < 1.29 is 19.5 Å². The van der Waals surface area contributed by atoms with Crippen LogP contribution >= 0.6 is 0 Å². The van der Waals surface area contributed by atoms with Crippen LogP contribution in [0.25, 0.3) is 0 Å². The zero-order chi connectivity index (χ0) is 15.4. The molecule has 0 aliphatic heterocycles. The van der Waals surface area contributed by atoms with Crippen LogP contribution in [0.5, 0.6) is 0 Å². The van der Waals surface area contributed by atoms with Crippen LogP contribution in [-0.4, -0.2) is 54.1 Å². The molecule has 0 aliphatic rings. The van der Waals surface area contributed by atoms with Gasteiger partial charge in [-0.05, 0) is 25.9 Å². The van der Waals surface area contributed by atoms with Crippen LogP contribution in [0.1, 0.15) is 39.5 Å². The number of likely N-dealkylation sites (N-methyl/N-ethyl adjacent to an activating group) is 1. The van der Waals surface area contributed by atoms with E-state index in [0.717, 1.165) is 26.1 Å². The lowest BCUT2D eigenvalue weighted by molar-refractivity contribution is -0.137. The number of carboxylic acids is 1. The minimum Gasteiger partial charge on any atom is -0.481 e. The molecule has 0 radical (unpaired) electrons. The Bertz CT molecular complexity index is 321. The highest BCUT2D eigenvalue weighted by molar-refractivity contribution is 5.94. The first-order valence-corrected chi connectivity index (χ1v) is 7.01. The molecule has 0 unspecified atom stereocenters. The van der Waals surface area contributed by atoms with Crippen LogP contribution in [0.4, 0.5) is 4.79 Å². The second-order valence-electron chi connectivity index (χ2n) is 4.49. The Labute approximate surface area is 119 Å². The van der Waals surface area contributed by atoms with Crippen molar-refractivity contribution in [1.29, 1.82) is 0 Å².